The summed E-state index contributed by atoms with van der Waals surface area (Å²) in [5.74, 6) is 1.86. The van der Waals surface area contributed by atoms with Gasteiger partial charge < -0.3 is 20.4 Å². The average Bonchev–Trinajstić information content (AvgIpc) is 3.40. The summed E-state index contributed by atoms with van der Waals surface area (Å²) in [6.07, 6.45) is 5.47. The van der Waals surface area contributed by atoms with Gasteiger partial charge in [0.1, 0.15) is 34.4 Å². The summed E-state index contributed by atoms with van der Waals surface area (Å²) in [7, 11) is 0. The Labute approximate surface area is 207 Å². The number of pyridine rings is 1. The summed E-state index contributed by atoms with van der Waals surface area (Å²) in [5.41, 5.74) is 2.49. The molecule has 1 unspecified atom stereocenters. The first-order valence-corrected chi connectivity index (χ1v) is 12.3. The Hall–Kier alpha value is -3.86. The van der Waals surface area contributed by atoms with Crippen molar-refractivity contribution >= 4 is 29.2 Å². The maximum absolute atomic E-state index is 11.4. The lowest BCUT2D eigenvalue weighted by Gasteiger charge is -2.23. The monoisotopic (exact) mass is 487 g/mol. The van der Waals surface area contributed by atoms with Gasteiger partial charge in [-0.05, 0) is 36.5 Å². The second kappa shape index (κ2) is 11.5. The van der Waals surface area contributed by atoms with E-state index in [2.05, 4.69) is 32.7 Å². The number of carbonyl (C=O) groups is 1. The van der Waals surface area contributed by atoms with Gasteiger partial charge in [0.05, 0.1) is 17.9 Å². The van der Waals surface area contributed by atoms with E-state index in [1.54, 1.807) is 36.7 Å². The highest BCUT2D eigenvalue weighted by Gasteiger charge is 2.23. The lowest BCUT2D eigenvalue weighted by molar-refractivity contribution is -0.114. The summed E-state index contributed by atoms with van der Waals surface area (Å²) in [6.45, 7) is 3.51. The largest absolute Gasteiger partial charge is 0.381 e. The first kappa shape index (κ1) is 24.3. The van der Waals surface area contributed by atoms with E-state index in [9.17, 15) is 15.3 Å². The van der Waals surface area contributed by atoms with E-state index in [1.807, 2.05) is 0 Å². The Balaban J connectivity index is 1.74. The van der Waals surface area contributed by atoms with Crippen molar-refractivity contribution in [3.05, 3.63) is 53.6 Å². The fraction of sp³-hybridized carbons (Fsp3) is 0.320. The molecule has 1 aliphatic heterocycles. The lowest BCUT2D eigenvalue weighted by Crippen LogP contribution is -2.25. The highest BCUT2D eigenvalue weighted by Crippen LogP contribution is 2.37. The number of hydrogen-bond acceptors (Lipinski definition) is 8. The summed E-state index contributed by atoms with van der Waals surface area (Å²) in [6, 6.07) is 11.6. The van der Waals surface area contributed by atoms with Crippen LogP contribution < -0.4 is 10.6 Å². The van der Waals surface area contributed by atoms with Gasteiger partial charge in [-0.15, -0.1) is 0 Å². The summed E-state index contributed by atoms with van der Waals surface area (Å²) >= 11 is 1.39. The smallest absolute Gasteiger partial charge is 0.221 e. The maximum Gasteiger partial charge on any atom is 0.221 e. The molecule has 1 saturated heterocycles. The van der Waals surface area contributed by atoms with Crippen molar-refractivity contribution in [2.45, 2.75) is 30.5 Å². The molecule has 1 amide bonds. The zero-order valence-corrected chi connectivity index (χ0v) is 20.1. The number of nitrogens with one attached hydrogen (secondary N) is 3. The van der Waals surface area contributed by atoms with Crippen LogP contribution in [0.3, 0.4) is 0 Å². The van der Waals surface area contributed by atoms with Crippen LogP contribution in [-0.4, -0.2) is 40.6 Å². The molecular weight excluding hydrogens is 462 g/mol. The number of rotatable bonds is 8. The number of aromatic amines is 1. The third kappa shape index (κ3) is 5.99. The van der Waals surface area contributed by atoms with Crippen LogP contribution in [0.5, 0.6) is 0 Å². The number of carbonyl (C=O) groups excluding carboxylic acids is 1. The number of H-pyrrole nitrogens is 1. The van der Waals surface area contributed by atoms with Crippen molar-refractivity contribution in [1.82, 2.24) is 15.0 Å². The van der Waals surface area contributed by atoms with Crippen molar-refractivity contribution in [2.75, 3.05) is 30.4 Å². The number of thioether (sulfide) groups is 1. The number of anilines is 2. The van der Waals surface area contributed by atoms with E-state index in [0.29, 0.717) is 63.6 Å². The van der Waals surface area contributed by atoms with Gasteiger partial charge in [-0.1, -0.05) is 23.9 Å². The number of aromatic nitrogens is 3. The third-order valence-electron chi connectivity index (χ3n) is 5.59. The molecule has 9 nitrogen and oxygen atoms in total. The van der Waals surface area contributed by atoms with Crippen LogP contribution >= 0.6 is 11.8 Å². The SMILES string of the molecule is CC(=O)Nc1ccc(-c2c(C#N)c(NCC3CCCOC3)nc(SCc3ncc[nH]3)c2C#N)cc1. The average molecular weight is 488 g/mol. The Kier molecular flexibility index (Phi) is 7.99. The minimum atomic E-state index is -0.174. The van der Waals surface area contributed by atoms with Crippen molar-refractivity contribution in [2.24, 2.45) is 5.92 Å². The van der Waals surface area contributed by atoms with Crippen LogP contribution in [0.2, 0.25) is 0 Å². The molecule has 0 aliphatic carbocycles. The molecule has 1 fully saturated rings. The Morgan fingerprint density at radius 3 is 2.69 bits per heavy atom. The number of nitrogens with zero attached hydrogens (tertiary/aromatic N) is 4. The van der Waals surface area contributed by atoms with E-state index in [1.165, 1.54) is 18.7 Å². The molecule has 10 heteroatoms. The topological polar surface area (TPSA) is 140 Å². The number of hydrogen-bond donors (Lipinski definition) is 3. The van der Waals surface area contributed by atoms with Crippen LogP contribution in [0.4, 0.5) is 11.5 Å². The zero-order valence-electron chi connectivity index (χ0n) is 19.3. The van der Waals surface area contributed by atoms with Gasteiger partial charge in [0.25, 0.3) is 0 Å². The van der Waals surface area contributed by atoms with Gasteiger partial charge in [0, 0.05) is 43.7 Å². The van der Waals surface area contributed by atoms with Crippen LogP contribution in [0.15, 0.2) is 41.7 Å². The highest BCUT2D eigenvalue weighted by atomic mass is 32.2. The van der Waals surface area contributed by atoms with Crippen molar-refractivity contribution in [3.63, 3.8) is 0 Å². The highest BCUT2D eigenvalue weighted by molar-refractivity contribution is 7.98. The fourth-order valence-electron chi connectivity index (χ4n) is 3.94. The van der Waals surface area contributed by atoms with Gasteiger partial charge in [0.2, 0.25) is 5.91 Å². The van der Waals surface area contributed by atoms with Crippen LogP contribution in [0.25, 0.3) is 11.1 Å². The minimum absolute atomic E-state index is 0.174. The van der Waals surface area contributed by atoms with Crippen molar-refractivity contribution < 1.29 is 9.53 Å². The number of nitriles is 2. The fourth-order valence-corrected chi connectivity index (χ4v) is 4.82. The van der Waals surface area contributed by atoms with Crippen LogP contribution in [0.1, 0.15) is 36.7 Å². The first-order chi connectivity index (χ1) is 17.1. The maximum atomic E-state index is 11.4. The second-order valence-electron chi connectivity index (χ2n) is 8.16. The Morgan fingerprint density at radius 2 is 2.06 bits per heavy atom. The summed E-state index contributed by atoms with van der Waals surface area (Å²) in [4.78, 5) is 23.4. The van der Waals surface area contributed by atoms with Gasteiger partial charge in [-0.2, -0.15) is 10.5 Å². The molecule has 0 spiro atoms. The molecule has 3 heterocycles. The van der Waals surface area contributed by atoms with E-state index < -0.39 is 0 Å². The normalized spacial score (nSPS) is 15.1. The molecular formula is C25H25N7O2S. The number of amides is 1. The molecule has 3 N–H and O–H groups in total. The predicted octanol–water partition coefficient (Wildman–Crippen LogP) is 4.30. The second-order valence-corrected chi connectivity index (χ2v) is 9.13. The number of ether oxygens (including phenoxy) is 1. The number of benzene rings is 1. The van der Waals surface area contributed by atoms with E-state index in [0.717, 1.165) is 25.3 Å². The molecule has 0 bridgehead atoms. The number of imidazole rings is 1. The molecule has 35 heavy (non-hydrogen) atoms. The zero-order chi connectivity index (χ0) is 24.6. The molecule has 1 aliphatic rings. The lowest BCUT2D eigenvalue weighted by atomic mass is 9.96. The quantitative estimate of drug-likeness (QED) is 0.400. The molecule has 4 rings (SSSR count). The van der Waals surface area contributed by atoms with Crippen LogP contribution in [0, 0.1) is 28.6 Å². The molecule has 178 valence electrons. The van der Waals surface area contributed by atoms with Gasteiger partial charge in [-0.25, -0.2) is 9.97 Å². The third-order valence-corrected chi connectivity index (χ3v) is 6.58. The van der Waals surface area contributed by atoms with Gasteiger partial charge in [0.15, 0.2) is 0 Å². The van der Waals surface area contributed by atoms with E-state index in [4.69, 9.17) is 9.72 Å². The molecule has 0 saturated carbocycles. The molecule has 1 aromatic carbocycles. The van der Waals surface area contributed by atoms with Gasteiger partial charge in [-0.3, -0.25) is 4.79 Å². The Bertz CT molecular complexity index is 1250. The van der Waals surface area contributed by atoms with Crippen LogP contribution in [-0.2, 0) is 15.3 Å². The van der Waals surface area contributed by atoms with Gasteiger partial charge >= 0.3 is 0 Å². The van der Waals surface area contributed by atoms with E-state index >= 15 is 0 Å². The Morgan fingerprint density at radius 1 is 1.26 bits per heavy atom. The summed E-state index contributed by atoms with van der Waals surface area (Å²) < 4.78 is 5.59. The van der Waals surface area contributed by atoms with Crippen molar-refractivity contribution in [3.8, 4) is 23.3 Å². The minimum Gasteiger partial charge on any atom is -0.381 e. The molecule has 2 aromatic heterocycles. The molecule has 3 aromatic rings. The van der Waals surface area contributed by atoms with Crippen molar-refractivity contribution in [1.29, 1.82) is 10.5 Å². The predicted molar refractivity (Wildman–Crippen MR) is 134 cm³/mol. The first-order valence-electron chi connectivity index (χ1n) is 11.3. The molecule has 0 radical (unpaired) electrons. The van der Waals surface area contributed by atoms with E-state index in [-0.39, 0.29) is 5.91 Å². The molecule has 1 atom stereocenters. The summed E-state index contributed by atoms with van der Waals surface area (Å²) in [5, 5.41) is 26.8. The standard InChI is InChI=1S/C25H25N7O2S/c1-16(33)31-19-6-4-18(5-7-19)23-20(11-26)24(30-13-17-3-2-10-34-14-17)32-25(21(23)12-27)35-15-22-28-8-9-29-22/h4-9,17H,2-3,10,13-15H2,1H3,(H,28,29)(H,30,32)(H,31,33).